The van der Waals surface area contributed by atoms with Crippen molar-refractivity contribution >= 4 is 24.1 Å². The number of carbonyl (C=O) groups is 1. The predicted molar refractivity (Wildman–Crippen MR) is 104 cm³/mol. The fourth-order valence-electron chi connectivity index (χ4n) is 3.51. The van der Waals surface area contributed by atoms with Gasteiger partial charge in [0.05, 0.1) is 5.69 Å². The molecule has 1 aliphatic rings. The molecule has 1 fully saturated rings. The minimum atomic E-state index is 0. The quantitative estimate of drug-likeness (QED) is 0.848. The summed E-state index contributed by atoms with van der Waals surface area (Å²) in [5.41, 5.74) is 7.74. The van der Waals surface area contributed by atoms with E-state index in [4.69, 9.17) is 5.73 Å². The number of aromatic nitrogens is 2. The van der Waals surface area contributed by atoms with Crippen LogP contribution in [0.3, 0.4) is 0 Å². The molecule has 0 bridgehead atoms. The Hall–Kier alpha value is -1.85. The van der Waals surface area contributed by atoms with E-state index >= 15 is 0 Å². The van der Waals surface area contributed by atoms with Gasteiger partial charge in [0.25, 0.3) is 0 Å². The number of rotatable bonds is 5. The van der Waals surface area contributed by atoms with Crippen molar-refractivity contribution in [2.24, 2.45) is 17.6 Å². The molecule has 1 aliphatic carbocycles. The average molecular weight is 363 g/mol. The number of nitrogens with zero attached hydrogens (tertiary/aromatic N) is 2. The second-order valence-corrected chi connectivity index (χ2v) is 6.84. The van der Waals surface area contributed by atoms with Crippen LogP contribution in [0.2, 0.25) is 0 Å². The van der Waals surface area contributed by atoms with Crippen LogP contribution in [-0.2, 0) is 4.79 Å². The lowest BCUT2D eigenvalue weighted by molar-refractivity contribution is -0.120. The van der Waals surface area contributed by atoms with Crippen molar-refractivity contribution in [3.05, 3.63) is 36.4 Å². The zero-order valence-corrected chi connectivity index (χ0v) is 15.6. The predicted octanol–water partition coefficient (Wildman–Crippen LogP) is 3.87. The van der Waals surface area contributed by atoms with Gasteiger partial charge in [0.2, 0.25) is 5.91 Å². The van der Waals surface area contributed by atoms with Crippen molar-refractivity contribution in [3.63, 3.8) is 0 Å². The third-order valence-electron chi connectivity index (χ3n) is 4.84. The van der Waals surface area contributed by atoms with Crippen molar-refractivity contribution in [2.45, 2.75) is 39.2 Å². The summed E-state index contributed by atoms with van der Waals surface area (Å²) in [7, 11) is 0. The molecule has 0 spiro atoms. The number of nitrogens with two attached hydrogens (primary N) is 1. The third-order valence-corrected chi connectivity index (χ3v) is 4.84. The Morgan fingerprint density at radius 1 is 1.32 bits per heavy atom. The Kier molecular flexibility index (Phi) is 6.62. The summed E-state index contributed by atoms with van der Waals surface area (Å²) < 4.78 is 1.88. The smallest absolute Gasteiger partial charge is 0.228 e. The SMILES string of the molecule is CC(C)n1nc(-c2ccccc2)cc1NC(=O)[C@@H]1CCC[C@@H]1CN.Cl. The number of halogens is 1. The molecule has 6 heteroatoms. The van der Waals surface area contributed by atoms with Gasteiger partial charge in [-0.25, -0.2) is 4.68 Å². The first-order valence-corrected chi connectivity index (χ1v) is 8.76. The Morgan fingerprint density at radius 2 is 2.04 bits per heavy atom. The molecule has 1 amide bonds. The van der Waals surface area contributed by atoms with E-state index in [1.165, 1.54) is 0 Å². The minimum absolute atomic E-state index is 0. The van der Waals surface area contributed by atoms with Gasteiger partial charge >= 0.3 is 0 Å². The Morgan fingerprint density at radius 3 is 2.68 bits per heavy atom. The maximum atomic E-state index is 12.7. The molecule has 25 heavy (non-hydrogen) atoms. The molecule has 136 valence electrons. The highest BCUT2D eigenvalue weighted by Crippen LogP contribution is 2.32. The Balaban J connectivity index is 0.00000225. The molecular formula is C19H27ClN4O. The number of hydrogen-bond acceptors (Lipinski definition) is 3. The molecule has 3 N–H and O–H groups in total. The molecule has 0 aliphatic heterocycles. The van der Waals surface area contributed by atoms with Gasteiger partial charge in [-0.1, -0.05) is 36.8 Å². The van der Waals surface area contributed by atoms with Crippen LogP contribution in [0.4, 0.5) is 5.82 Å². The molecule has 1 heterocycles. The molecule has 0 saturated heterocycles. The highest BCUT2D eigenvalue weighted by atomic mass is 35.5. The lowest BCUT2D eigenvalue weighted by Gasteiger charge is -2.18. The van der Waals surface area contributed by atoms with E-state index in [-0.39, 0.29) is 30.3 Å². The first-order chi connectivity index (χ1) is 11.6. The highest BCUT2D eigenvalue weighted by Gasteiger charge is 2.32. The topological polar surface area (TPSA) is 72.9 Å². The van der Waals surface area contributed by atoms with Crippen LogP contribution in [0.25, 0.3) is 11.3 Å². The number of benzene rings is 1. The first-order valence-electron chi connectivity index (χ1n) is 8.76. The summed E-state index contributed by atoms with van der Waals surface area (Å²) in [5.74, 6) is 1.15. The number of anilines is 1. The number of hydrogen-bond donors (Lipinski definition) is 2. The first kappa shape index (κ1) is 19.5. The van der Waals surface area contributed by atoms with Crippen LogP contribution in [0.1, 0.15) is 39.2 Å². The molecule has 1 aromatic heterocycles. The van der Waals surface area contributed by atoms with E-state index in [0.29, 0.717) is 12.5 Å². The molecular weight excluding hydrogens is 336 g/mol. The fraction of sp³-hybridized carbons (Fsp3) is 0.474. The van der Waals surface area contributed by atoms with E-state index in [1.54, 1.807) is 0 Å². The van der Waals surface area contributed by atoms with E-state index in [9.17, 15) is 4.79 Å². The number of nitrogens with one attached hydrogen (secondary N) is 1. The van der Waals surface area contributed by atoms with Gasteiger partial charge in [-0.15, -0.1) is 12.4 Å². The van der Waals surface area contributed by atoms with Crippen LogP contribution in [0, 0.1) is 11.8 Å². The maximum absolute atomic E-state index is 12.7. The van der Waals surface area contributed by atoms with E-state index in [1.807, 2.05) is 41.1 Å². The van der Waals surface area contributed by atoms with Crippen molar-refractivity contribution in [3.8, 4) is 11.3 Å². The molecule has 0 unspecified atom stereocenters. The monoisotopic (exact) mass is 362 g/mol. The van der Waals surface area contributed by atoms with Crippen LogP contribution >= 0.6 is 12.4 Å². The van der Waals surface area contributed by atoms with Gasteiger partial charge in [-0.2, -0.15) is 5.10 Å². The van der Waals surface area contributed by atoms with Crippen molar-refractivity contribution < 1.29 is 4.79 Å². The summed E-state index contributed by atoms with van der Waals surface area (Å²) in [6.07, 6.45) is 3.06. The zero-order valence-electron chi connectivity index (χ0n) is 14.8. The molecule has 3 rings (SSSR count). The largest absolute Gasteiger partial charge is 0.330 e. The van der Waals surface area contributed by atoms with Gasteiger partial charge in [0, 0.05) is 23.6 Å². The van der Waals surface area contributed by atoms with Crippen LogP contribution in [0.15, 0.2) is 36.4 Å². The lowest BCUT2D eigenvalue weighted by atomic mass is 9.95. The molecule has 2 atom stereocenters. The summed E-state index contributed by atoms with van der Waals surface area (Å²) >= 11 is 0. The Bertz CT molecular complexity index is 699. The summed E-state index contributed by atoms with van der Waals surface area (Å²) in [4.78, 5) is 12.7. The second-order valence-electron chi connectivity index (χ2n) is 6.84. The maximum Gasteiger partial charge on any atom is 0.228 e. The minimum Gasteiger partial charge on any atom is -0.330 e. The molecule has 0 radical (unpaired) electrons. The van der Waals surface area contributed by atoms with Crippen molar-refractivity contribution in [1.29, 1.82) is 0 Å². The average Bonchev–Trinajstić information content (AvgIpc) is 3.22. The van der Waals surface area contributed by atoms with E-state index in [2.05, 4.69) is 24.3 Å². The summed E-state index contributed by atoms with van der Waals surface area (Å²) in [6, 6.07) is 12.2. The van der Waals surface area contributed by atoms with Gasteiger partial charge in [-0.05, 0) is 39.2 Å². The number of carbonyl (C=O) groups excluding carboxylic acids is 1. The van der Waals surface area contributed by atoms with Crippen LogP contribution in [-0.4, -0.2) is 22.2 Å². The molecule has 2 aromatic rings. The highest BCUT2D eigenvalue weighted by molar-refractivity contribution is 5.92. The van der Waals surface area contributed by atoms with Crippen LogP contribution in [0.5, 0.6) is 0 Å². The van der Waals surface area contributed by atoms with Gasteiger partial charge in [-0.3, -0.25) is 4.79 Å². The lowest BCUT2D eigenvalue weighted by Crippen LogP contribution is -2.30. The zero-order chi connectivity index (χ0) is 17.1. The normalized spacial score (nSPS) is 19.7. The molecule has 5 nitrogen and oxygen atoms in total. The van der Waals surface area contributed by atoms with Gasteiger partial charge < -0.3 is 11.1 Å². The van der Waals surface area contributed by atoms with Gasteiger partial charge in [0.15, 0.2) is 0 Å². The standard InChI is InChI=1S/C19H26N4O.ClH/c1-13(2)23-18(11-17(22-23)14-7-4-3-5-8-14)21-19(24)16-10-6-9-15(16)12-20;/h3-5,7-8,11,13,15-16H,6,9-10,12,20H2,1-2H3,(H,21,24);1H/t15-,16-;/m1./s1. The van der Waals surface area contributed by atoms with Crippen molar-refractivity contribution in [2.75, 3.05) is 11.9 Å². The second kappa shape index (κ2) is 8.50. The fourth-order valence-corrected chi connectivity index (χ4v) is 3.51. The molecule has 1 saturated carbocycles. The third kappa shape index (κ3) is 4.22. The van der Waals surface area contributed by atoms with Crippen molar-refractivity contribution in [1.82, 2.24) is 9.78 Å². The van der Waals surface area contributed by atoms with Crippen LogP contribution < -0.4 is 11.1 Å². The van der Waals surface area contributed by atoms with E-state index < -0.39 is 0 Å². The Labute approximate surface area is 155 Å². The van der Waals surface area contributed by atoms with E-state index in [0.717, 1.165) is 36.3 Å². The summed E-state index contributed by atoms with van der Waals surface area (Å²) in [5, 5.41) is 7.77. The summed E-state index contributed by atoms with van der Waals surface area (Å²) in [6.45, 7) is 4.71. The number of amides is 1. The molecule has 1 aromatic carbocycles. The van der Waals surface area contributed by atoms with Gasteiger partial charge in [0.1, 0.15) is 5.82 Å².